The minimum absolute atomic E-state index is 0.173. The summed E-state index contributed by atoms with van der Waals surface area (Å²) in [5.41, 5.74) is -0.252. The van der Waals surface area contributed by atoms with Gasteiger partial charge in [0.05, 0.1) is 11.5 Å². The molecule has 21 heavy (non-hydrogen) atoms. The first kappa shape index (κ1) is 15.7. The van der Waals surface area contributed by atoms with Crippen molar-refractivity contribution in [2.75, 3.05) is 38.7 Å². The number of nitrogens with zero attached hydrogens (tertiary/aromatic N) is 2. The van der Waals surface area contributed by atoms with E-state index in [1.807, 2.05) is 0 Å². The van der Waals surface area contributed by atoms with Gasteiger partial charge in [-0.15, -0.1) is 0 Å². The summed E-state index contributed by atoms with van der Waals surface area (Å²) in [5.74, 6) is 0. The molecule has 0 spiro atoms. The Kier molecular flexibility index (Phi) is 4.76. The molecule has 116 valence electrons. The van der Waals surface area contributed by atoms with E-state index < -0.39 is 20.6 Å². The molecule has 1 fully saturated rings. The first-order valence-corrected chi connectivity index (χ1v) is 7.95. The molecule has 1 aliphatic heterocycles. The number of ether oxygens (including phenoxy) is 1. The Labute approximate surface area is 122 Å². The normalized spacial score (nSPS) is 17.2. The minimum Gasteiger partial charge on any atom is -0.383 e. The number of benzene rings is 1. The van der Waals surface area contributed by atoms with E-state index in [0.717, 1.165) is 0 Å². The van der Waals surface area contributed by atoms with Gasteiger partial charge in [-0.1, -0.05) is 6.07 Å². The van der Waals surface area contributed by atoms with Gasteiger partial charge in [0.2, 0.25) is 10.0 Å². The van der Waals surface area contributed by atoms with Crippen molar-refractivity contribution in [3.63, 3.8) is 0 Å². The lowest BCUT2D eigenvalue weighted by Crippen LogP contribution is -2.33. The van der Waals surface area contributed by atoms with Gasteiger partial charge in [-0.2, -0.15) is 4.31 Å². The molecular weight excluding hydrogens is 298 g/mol. The predicted molar refractivity (Wildman–Crippen MR) is 76.8 cm³/mol. The van der Waals surface area contributed by atoms with Crippen molar-refractivity contribution in [2.24, 2.45) is 0 Å². The fourth-order valence-corrected chi connectivity index (χ4v) is 3.87. The maximum Gasteiger partial charge on any atom is 0.312 e. The van der Waals surface area contributed by atoms with Crippen LogP contribution >= 0.6 is 0 Å². The average molecular weight is 315 g/mol. The molecule has 1 aliphatic rings. The Morgan fingerprint density at radius 3 is 2.76 bits per heavy atom. The molecule has 0 aromatic heterocycles. The number of rotatable bonds is 4. The minimum atomic E-state index is -3.92. The van der Waals surface area contributed by atoms with Gasteiger partial charge < -0.3 is 10.1 Å². The number of sulfonamides is 1. The Morgan fingerprint density at radius 1 is 1.33 bits per heavy atom. The highest BCUT2D eigenvalue weighted by molar-refractivity contribution is 7.89. The summed E-state index contributed by atoms with van der Waals surface area (Å²) in [6.45, 7) is 1.27. The average Bonchev–Trinajstić information content (AvgIpc) is 2.75. The fraction of sp³-hybridized carbons (Fsp3) is 0.500. The topological polar surface area (TPSA) is 102 Å². The summed E-state index contributed by atoms with van der Waals surface area (Å²) in [4.78, 5) is 10.3. The zero-order valence-corrected chi connectivity index (χ0v) is 12.4. The lowest BCUT2D eigenvalue weighted by molar-refractivity contribution is -0.386. The molecule has 9 heteroatoms. The van der Waals surface area contributed by atoms with E-state index in [0.29, 0.717) is 26.2 Å². The Hall–Kier alpha value is -1.71. The maximum absolute atomic E-state index is 12.7. The van der Waals surface area contributed by atoms with Crippen molar-refractivity contribution in [2.45, 2.75) is 11.3 Å². The van der Waals surface area contributed by atoms with Crippen molar-refractivity contribution in [3.05, 3.63) is 28.3 Å². The van der Waals surface area contributed by atoms with Crippen LogP contribution in [0.2, 0.25) is 0 Å². The van der Waals surface area contributed by atoms with Crippen LogP contribution in [0.5, 0.6) is 0 Å². The number of hydrogen-bond acceptors (Lipinski definition) is 6. The molecule has 0 radical (unpaired) electrons. The van der Waals surface area contributed by atoms with Crippen molar-refractivity contribution in [3.8, 4) is 0 Å². The molecule has 1 aromatic carbocycles. The summed E-state index contributed by atoms with van der Waals surface area (Å²) >= 11 is 0. The second-order valence-corrected chi connectivity index (χ2v) is 6.44. The molecule has 0 atom stereocenters. The molecule has 1 aromatic rings. The number of anilines is 1. The summed E-state index contributed by atoms with van der Waals surface area (Å²) in [6.07, 6.45) is 0.568. The van der Waals surface area contributed by atoms with Gasteiger partial charge in [0.15, 0.2) is 4.90 Å². The summed E-state index contributed by atoms with van der Waals surface area (Å²) < 4.78 is 31.8. The number of nitro benzene ring substituents is 1. The van der Waals surface area contributed by atoms with Crippen LogP contribution in [0.1, 0.15) is 6.42 Å². The molecule has 1 N–H and O–H groups in total. The molecule has 0 aliphatic carbocycles. The highest BCUT2D eigenvalue weighted by atomic mass is 32.2. The zero-order valence-electron chi connectivity index (χ0n) is 11.6. The quantitative estimate of drug-likeness (QED) is 0.658. The van der Waals surface area contributed by atoms with Gasteiger partial charge in [0, 0.05) is 26.7 Å². The predicted octanol–water partition coefficient (Wildman–Crippen LogP) is 1.05. The number of nitro groups is 1. The Morgan fingerprint density at radius 2 is 2.10 bits per heavy atom. The monoisotopic (exact) mass is 315 g/mol. The van der Waals surface area contributed by atoms with E-state index in [1.165, 1.54) is 29.6 Å². The van der Waals surface area contributed by atoms with Gasteiger partial charge in [-0.05, 0) is 18.6 Å². The van der Waals surface area contributed by atoms with Gasteiger partial charge in [-0.3, -0.25) is 10.1 Å². The van der Waals surface area contributed by atoms with Crippen LogP contribution in [0.25, 0.3) is 0 Å². The zero-order chi connectivity index (χ0) is 15.5. The third kappa shape index (κ3) is 3.14. The number of hydrogen-bond donors (Lipinski definition) is 1. The van der Waals surface area contributed by atoms with E-state index in [-0.39, 0.29) is 17.1 Å². The smallest absolute Gasteiger partial charge is 0.312 e. The second-order valence-electron chi connectivity index (χ2n) is 4.53. The first-order chi connectivity index (χ1) is 9.98. The molecule has 2 rings (SSSR count). The van der Waals surface area contributed by atoms with E-state index in [1.54, 1.807) is 0 Å². The van der Waals surface area contributed by atoms with Crippen LogP contribution in [-0.2, 0) is 14.8 Å². The van der Waals surface area contributed by atoms with Crippen LogP contribution in [-0.4, -0.2) is 51.0 Å². The van der Waals surface area contributed by atoms with E-state index in [9.17, 15) is 18.5 Å². The van der Waals surface area contributed by atoms with Crippen molar-refractivity contribution < 1.29 is 18.1 Å². The van der Waals surface area contributed by atoms with E-state index in [4.69, 9.17) is 4.74 Å². The third-order valence-corrected chi connectivity index (χ3v) is 5.18. The second kappa shape index (κ2) is 6.37. The maximum atomic E-state index is 12.7. The van der Waals surface area contributed by atoms with Crippen molar-refractivity contribution in [1.82, 2.24) is 4.31 Å². The molecule has 0 amide bonds. The highest BCUT2D eigenvalue weighted by Crippen LogP contribution is 2.33. The van der Waals surface area contributed by atoms with Gasteiger partial charge in [0.25, 0.3) is 0 Å². The van der Waals surface area contributed by atoms with Crippen LogP contribution in [0.4, 0.5) is 11.4 Å². The molecule has 0 unspecified atom stereocenters. The van der Waals surface area contributed by atoms with Crippen molar-refractivity contribution in [1.29, 1.82) is 0 Å². The van der Waals surface area contributed by atoms with E-state index in [2.05, 4.69) is 5.32 Å². The summed E-state index contributed by atoms with van der Waals surface area (Å²) in [7, 11) is -2.41. The molecule has 0 bridgehead atoms. The van der Waals surface area contributed by atoms with Crippen LogP contribution < -0.4 is 5.32 Å². The molecular formula is C12H17N3O5S. The number of nitrogens with one attached hydrogen (secondary N) is 1. The first-order valence-electron chi connectivity index (χ1n) is 6.51. The Bertz CT molecular complexity index is 624. The number of para-hydroxylation sites is 1. The standard InChI is InChI=1S/C12H17N3O5S/c1-13-10-4-2-5-11(12(10)15(16)17)21(18,19)14-6-3-8-20-9-7-14/h2,4-5,13H,3,6-9H2,1H3. The van der Waals surface area contributed by atoms with Gasteiger partial charge in [0.1, 0.15) is 5.69 Å². The lowest BCUT2D eigenvalue weighted by Gasteiger charge is -2.19. The van der Waals surface area contributed by atoms with Crippen LogP contribution in [0.15, 0.2) is 23.1 Å². The van der Waals surface area contributed by atoms with E-state index >= 15 is 0 Å². The molecule has 8 nitrogen and oxygen atoms in total. The molecule has 0 saturated carbocycles. The fourth-order valence-electron chi connectivity index (χ4n) is 2.22. The Balaban J connectivity index is 2.51. The van der Waals surface area contributed by atoms with Crippen LogP contribution in [0.3, 0.4) is 0 Å². The molecule has 1 saturated heterocycles. The third-order valence-electron chi connectivity index (χ3n) is 3.25. The SMILES string of the molecule is CNc1cccc(S(=O)(=O)N2CCCOCC2)c1[N+](=O)[O-]. The highest BCUT2D eigenvalue weighted by Gasteiger charge is 2.33. The van der Waals surface area contributed by atoms with Gasteiger partial charge >= 0.3 is 5.69 Å². The summed E-state index contributed by atoms with van der Waals surface area (Å²) in [6, 6.07) is 4.22. The van der Waals surface area contributed by atoms with Gasteiger partial charge in [-0.25, -0.2) is 8.42 Å². The van der Waals surface area contributed by atoms with Crippen LogP contribution in [0, 0.1) is 10.1 Å². The molecule has 1 heterocycles. The lowest BCUT2D eigenvalue weighted by atomic mass is 10.3. The summed E-state index contributed by atoms with van der Waals surface area (Å²) in [5, 5.41) is 13.9. The van der Waals surface area contributed by atoms with Crippen molar-refractivity contribution >= 4 is 21.4 Å². The largest absolute Gasteiger partial charge is 0.383 e.